The van der Waals surface area contributed by atoms with Crippen molar-refractivity contribution in [3.8, 4) is 22.3 Å². The number of thiophene rings is 2. The standard InChI is InChI=1S/C78H70BN3OS2/c1-5-9-21-51-31-37-56(38-32-51)80(57-39-33-52(34-40-57)22-10-6-2)59-41-44-71-63(47-59)64-48-62-65-49-66-60-29-19-20-30-70(60)83-77(66)76-74(65)79(82(58-27-17-14-18-28-58)69(62)50-73(64)84-71)78-75(67-46-54(24-12-8-4)36-43-72(67)85-78)81(76)68-42-35-53(23-11-7-3)45-61(68)55-25-15-13-16-26-55/h13-20,25-50H,5-12,21-24H2,1-4H3. The minimum absolute atomic E-state index is 0.169. The summed E-state index contributed by atoms with van der Waals surface area (Å²) in [5.74, 6) is 0. The number of para-hydroxylation sites is 2. The predicted molar refractivity (Wildman–Crippen MR) is 370 cm³/mol. The second-order valence-corrected chi connectivity index (χ2v) is 25.9. The second-order valence-electron chi connectivity index (χ2n) is 23.7. The average molecular weight is 1140 g/mol. The van der Waals surface area contributed by atoms with Crippen LogP contribution in [0.4, 0.5) is 45.5 Å². The van der Waals surface area contributed by atoms with Crippen molar-refractivity contribution in [1.29, 1.82) is 0 Å². The Morgan fingerprint density at radius 1 is 0.412 bits per heavy atom. The van der Waals surface area contributed by atoms with Crippen LogP contribution < -0.4 is 24.9 Å². The number of anilines is 8. The van der Waals surface area contributed by atoms with Crippen molar-refractivity contribution in [2.45, 2.75) is 105 Å². The SMILES string of the molecule is CCCCc1ccc(N(c2ccc(CCCC)cc2)c2ccc3sc4cc5c(cc4c3c2)-c2cc3c(oc4ccccc43)c3c2B(c2sc4ccc(CCCC)cc4c2N3c2ccc(CCCC)cc2-c2ccccc2)N5c2ccccc2)cc1. The summed E-state index contributed by atoms with van der Waals surface area (Å²) in [6.07, 6.45) is 13.6. The van der Waals surface area contributed by atoms with Crippen LogP contribution in [0.25, 0.3) is 74.5 Å². The third-order valence-electron chi connectivity index (χ3n) is 18.1. The minimum atomic E-state index is -0.169. The summed E-state index contributed by atoms with van der Waals surface area (Å²) in [6, 6.07) is 79.2. The van der Waals surface area contributed by atoms with Crippen molar-refractivity contribution in [3.05, 3.63) is 229 Å². The van der Waals surface area contributed by atoms with Crippen molar-refractivity contribution in [2.75, 3.05) is 14.6 Å². The van der Waals surface area contributed by atoms with Gasteiger partial charge in [0.05, 0.1) is 17.1 Å². The molecule has 5 heterocycles. The van der Waals surface area contributed by atoms with Crippen LogP contribution in [0.15, 0.2) is 211 Å². The van der Waals surface area contributed by atoms with Crippen LogP contribution in [0.5, 0.6) is 0 Å². The maximum Gasteiger partial charge on any atom is 0.343 e. The molecule has 0 bridgehead atoms. The second kappa shape index (κ2) is 22.6. The van der Waals surface area contributed by atoms with Crippen molar-refractivity contribution in [1.82, 2.24) is 0 Å². The molecule has 0 saturated heterocycles. The number of unbranched alkanes of at least 4 members (excludes halogenated alkanes) is 4. The maximum absolute atomic E-state index is 7.42. The van der Waals surface area contributed by atoms with E-state index in [2.05, 4.69) is 249 Å². The highest BCUT2D eigenvalue weighted by molar-refractivity contribution is 7.32. The van der Waals surface area contributed by atoms with E-state index in [0.717, 1.165) is 84.7 Å². The van der Waals surface area contributed by atoms with E-state index in [1.807, 2.05) is 22.7 Å². The molecule has 85 heavy (non-hydrogen) atoms. The molecule has 0 spiro atoms. The maximum atomic E-state index is 7.42. The van der Waals surface area contributed by atoms with Gasteiger partial charge in [0.1, 0.15) is 5.58 Å². The van der Waals surface area contributed by atoms with Crippen molar-refractivity contribution >= 4 is 137 Å². The van der Waals surface area contributed by atoms with E-state index < -0.39 is 0 Å². The van der Waals surface area contributed by atoms with Crippen LogP contribution in [-0.2, 0) is 25.7 Å². The first-order chi connectivity index (χ1) is 42.0. The monoisotopic (exact) mass is 1140 g/mol. The third kappa shape index (κ3) is 9.33. The first-order valence-corrected chi connectivity index (χ1v) is 33.0. The molecule has 4 nitrogen and oxygen atoms in total. The predicted octanol–water partition coefficient (Wildman–Crippen LogP) is 22.4. The first-order valence-electron chi connectivity index (χ1n) is 31.3. The Morgan fingerprint density at radius 3 is 1.67 bits per heavy atom. The van der Waals surface area contributed by atoms with Crippen molar-refractivity contribution in [2.24, 2.45) is 0 Å². The highest BCUT2D eigenvalue weighted by atomic mass is 32.1. The molecule has 0 aliphatic carbocycles. The summed E-state index contributed by atoms with van der Waals surface area (Å²) in [7, 11) is 0. The summed E-state index contributed by atoms with van der Waals surface area (Å²) >= 11 is 3.88. The van der Waals surface area contributed by atoms with Gasteiger partial charge in [0, 0.05) is 85.4 Å². The fourth-order valence-electron chi connectivity index (χ4n) is 13.8. The van der Waals surface area contributed by atoms with Crippen LogP contribution in [0.2, 0.25) is 0 Å². The molecule has 2 aliphatic rings. The Balaban J connectivity index is 1.02. The summed E-state index contributed by atoms with van der Waals surface area (Å²) in [5, 5.41) is 6.10. The molecule has 0 unspecified atom stereocenters. The largest absolute Gasteiger partial charge is 0.454 e. The number of rotatable bonds is 18. The van der Waals surface area contributed by atoms with Gasteiger partial charge >= 0.3 is 6.85 Å². The normalized spacial score (nSPS) is 12.7. The fraction of sp³-hybridized carbons (Fsp3) is 0.205. The van der Waals surface area contributed by atoms with E-state index in [4.69, 9.17) is 4.42 Å². The molecular weight excluding hydrogens is 1070 g/mol. The van der Waals surface area contributed by atoms with Gasteiger partial charge in [0.15, 0.2) is 5.58 Å². The highest BCUT2D eigenvalue weighted by Crippen LogP contribution is 2.56. The van der Waals surface area contributed by atoms with Gasteiger partial charge in [-0.05, 0) is 193 Å². The number of hydrogen-bond acceptors (Lipinski definition) is 6. The van der Waals surface area contributed by atoms with E-state index in [9.17, 15) is 0 Å². The number of hydrogen-bond donors (Lipinski definition) is 0. The highest BCUT2D eigenvalue weighted by Gasteiger charge is 2.49. The lowest BCUT2D eigenvalue weighted by Gasteiger charge is -2.45. The fourth-order valence-corrected chi connectivity index (χ4v) is 16.1. The molecule has 0 radical (unpaired) electrons. The zero-order valence-electron chi connectivity index (χ0n) is 49.3. The van der Waals surface area contributed by atoms with Crippen LogP contribution in [0, 0.1) is 0 Å². The summed E-state index contributed by atoms with van der Waals surface area (Å²) < 4.78 is 12.6. The zero-order chi connectivity index (χ0) is 57.1. The van der Waals surface area contributed by atoms with Gasteiger partial charge in [0.25, 0.3) is 0 Å². The van der Waals surface area contributed by atoms with Crippen molar-refractivity contribution in [3.63, 3.8) is 0 Å². The number of aryl methyl sites for hydroxylation is 4. The van der Waals surface area contributed by atoms with E-state index in [0.29, 0.717) is 0 Å². The number of benzene rings is 10. The Hall–Kier alpha value is -8.36. The van der Waals surface area contributed by atoms with Crippen LogP contribution in [-0.4, -0.2) is 6.85 Å². The van der Waals surface area contributed by atoms with Gasteiger partial charge in [0.2, 0.25) is 0 Å². The van der Waals surface area contributed by atoms with E-state index in [1.54, 1.807) is 0 Å². The van der Waals surface area contributed by atoms with Gasteiger partial charge < -0.3 is 19.0 Å². The molecule has 0 fully saturated rings. The Labute approximate surface area is 508 Å². The lowest BCUT2D eigenvalue weighted by Crippen LogP contribution is -2.60. The summed E-state index contributed by atoms with van der Waals surface area (Å²) in [6.45, 7) is 8.98. The summed E-state index contributed by atoms with van der Waals surface area (Å²) in [5.41, 5.74) is 23.0. The lowest BCUT2D eigenvalue weighted by atomic mass is 9.46. The van der Waals surface area contributed by atoms with Gasteiger partial charge in [-0.2, -0.15) is 0 Å². The minimum Gasteiger partial charge on any atom is -0.454 e. The van der Waals surface area contributed by atoms with E-state index in [1.165, 1.54) is 145 Å². The molecular formula is C78H70BN3OS2. The van der Waals surface area contributed by atoms with Gasteiger partial charge in [-0.3, -0.25) is 0 Å². The van der Waals surface area contributed by atoms with Gasteiger partial charge in [-0.15, -0.1) is 22.7 Å². The smallest absolute Gasteiger partial charge is 0.343 e. The first kappa shape index (κ1) is 53.4. The lowest BCUT2D eigenvalue weighted by molar-refractivity contribution is 0.669. The Bertz CT molecular complexity index is 4570. The molecule has 10 aromatic carbocycles. The molecule has 2 aliphatic heterocycles. The zero-order valence-corrected chi connectivity index (χ0v) is 50.9. The number of nitrogens with zero attached hydrogens (tertiary/aromatic N) is 3. The molecule has 0 atom stereocenters. The molecule has 0 N–H and O–H groups in total. The van der Waals surface area contributed by atoms with Crippen LogP contribution in [0.3, 0.4) is 0 Å². The molecule has 3 aromatic heterocycles. The Morgan fingerprint density at radius 2 is 0.976 bits per heavy atom. The van der Waals surface area contributed by atoms with Gasteiger partial charge in [-0.25, -0.2) is 0 Å². The Kier molecular flexibility index (Phi) is 14.2. The van der Waals surface area contributed by atoms with E-state index in [-0.39, 0.29) is 6.85 Å². The molecule has 15 rings (SSSR count). The topological polar surface area (TPSA) is 22.9 Å². The molecule has 0 amide bonds. The molecule has 418 valence electrons. The number of furan rings is 1. The molecule has 13 aromatic rings. The van der Waals surface area contributed by atoms with Gasteiger partial charge in [-0.1, -0.05) is 157 Å². The number of fused-ring (bicyclic) bond motifs is 13. The van der Waals surface area contributed by atoms with Crippen LogP contribution >= 0.6 is 22.7 Å². The quantitative estimate of drug-likeness (QED) is 0.0799. The third-order valence-corrected chi connectivity index (χ3v) is 20.5. The average Bonchev–Trinajstić information content (AvgIpc) is 1.76. The van der Waals surface area contributed by atoms with Crippen LogP contribution in [0.1, 0.15) is 101 Å². The molecule has 0 saturated carbocycles. The molecule has 7 heteroatoms. The van der Waals surface area contributed by atoms with E-state index >= 15 is 0 Å². The summed E-state index contributed by atoms with van der Waals surface area (Å²) in [4.78, 5) is 7.83. The van der Waals surface area contributed by atoms with Crippen molar-refractivity contribution < 1.29 is 4.42 Å².